The van der Waals surface area contributed by atoms with Crippen LogP contribution < -0.4 is 16.0 Å². The third kappa shape index (κ3) is 7.13. The standard InChI is InChI=1S/C33H39N5O2S/c1-22-7-13-26(14-8-22)38-30(21-29(37-38)33(2,3)4)36-32(40)35-25-11-9-23(10-12-25)31(24-15-17-34-18-16-24)28(39)20-27-6-5-19-41-27/h5-14,19,21,24,31,34H,15-18,20H2,1-4H3,(H2,35,36,40). The number of anilines is 2. The highest BCUT2D eigenvalue weighted by atomic mass is 32.1. The average Bonchev–Trinajstić information content (AvgIpc) is 3.61. The average molecular weight is 570 g/mol. The number of piperidine rings is 1. The van der Waals surface area contributed by atoms with Crippen LogP contribution in [0.5, 0.6) is 0 Å². The summed E-state index contributed by atoms with van der Waals surface area (Å²) in [5.41, 5.74) is 4.42. The van der Waals surface area contributed by atoms with Gasteiger partial charge in [0.1, 0.15) is 11.6 Å². The molecular formula is C33H39N5O2S. The predicted molar refractivity (Wildman–Crippen MR) is 167 cm³/mol. The molecule has 2 aromatic carbocycles. The summed E-state index contributed by atoms with van der Waals surface area (Å²) in [5.74, 6) is 1.02. The van der Waals surface area contributed by atoms with Gasteiger partial charge in [0.2, 0.25) is 0 Å². The molecule has 8 heteroatoms. The SMILES string of the molecule is Cc1ccc(-n2nc(C(C)(C)C)cc2NC(=O)Nc2ccc(C(C(=O)Cc3cccs3)C3CCNCC3)cc2)cc1. The molecule has 1 aliphatic rings. The first-order valence-corrected chi connectivity index (χ1v) is 15.2. The number of carbonyl (C=O) groups excluding carboxylic acids is 2. The zero-order chi connectivity index (χ0) is 29.0. The Labute approximate surface area is 246 Å². The van der Waals surface area contributed by atoms with Crippen molar-refractivity contribution in [3.05, 3.63) is 93.8 Å². The lowest BCUT2D eigenvalue weighted by atomic mass is 9.77. The molecule has 2 amide bonds. The van der Waals surface area contributed by atoms with Crippen LogP contribution in [-0.4, -0.2) is 34.7 Å². The molecule has 0 saturated carbocycles. The fourth-order valence-electron chi connectivity index (χ4n) is 5.37. The van der Waals surface area contributed by atoms with Crippen molar-refractivity contribution in [3.8, 4) is 5.69 Å². The van der Waals surface area contributed by atoms with Crippen molar-refractivity contribution in [2.24, 2.45) is 5.92 Å². The molecule has 1 atom stereocenters. The fraction of sp³-hybridized carbons (Fsp3) is 0.364. The fourth-order valence-corrected chi connectivity index (χ4v) is 6.08. The predicted octanol–water partition coefficient (Wildman–Crippen LogP) is 7.08. The molecule has 1 saturated heterocycles. The minimum atomic E-state index is -0.352. The normalized spacial score (nSPS) is 14.9. The lowest BCUT2D eigenvalue weighted by Crippen LogP contribution is -2.34. The Morgan fingerprint density at radius 2 is 1.73 bits per heavy atom. The number of hydrogen-bond donors (Lipinski definition) is 3. The Hall–Kier alpha value is -3.75. The second kappa shape index (κ2) is 12.4. The zero-order valence-electron chi connectivity index (χ0n) is 24.2. The Morgan fingerprint density at radius 1 is 1.02 bits per heavy atom. The molecule has 3 heterocycles. The van der Waals surface area contributed by atoms with E-state index >= 15 is 0 Å². The van der Waals surface area contributed by atoms with Gasteiger partial charge in [-0.2, -0.15) is 5.10 Å². The number of carbonyl (C=O) groups is 2. The monoisotopic (exact) mass is 569 g/mol. The van der Waals surface area contributed by atoms with Crippen LogP contribution in [0.3, 0.4) is 0 Å². The van der Waals surface area contributed by atoms with Crippen LogP contribution in [0.1, 0.15) is 61.2 Å². The topological polar surface area (TPSA) is 88.1 Å². The number of hydrogen-bond acceptors (Lipinski definition) is 5. The molecule has 2 aromatic heterocycles. The van der Waals surface area contributed by atoms with Gasteiger partial charge in [-0.05, 0) is 80.0 Å². The Morgan fingerprint density at radius 3 is 2.37 bits per heavy atom. The molecule has 1 unspecified atom stereocenters. The maximum absolute atomic E-state index is 13.5. The highest BCUT2D eigenvalue weighted by molar-refractivity contribution is 7.10. The molecule has 7 nitrogen and oxygen atoms in total. The Bertz CT molecular complexity index is 1460. The molecule has 3 N–H and O–H groups in total. The van der Waals surface area contributed by atoms with E-state index in [1.54, 1.807) is 16.0 Å². The van der Waals surface area contributed by atoms with Gasteiger partial charge >= 0.3 is 6.03 Å². The van der Waals surface area contributed by atoms with Gasteiger partial charge in [0, 0.05) is 34.4 Å². The van der Waals surface area contributed by atoms with E-state index in [0.29, 0.717) is 23.8 Å². The van der Waals surface area contributed by atoms with Crippen LogP contribution >= 0.6 is 11.3 Å². The number of benzene rings is 2. The molecule has 1 fully saturated rings. The molecule has 0 radical (unpaired) electrons. The van der Waals surface area contributed by atoms with Crippen molar-refractivity contribution in [1.29, 1.82) is 0 Å². The van der Waals surface area contributed by atoms with Gasteiger partial charge in [-0.1, -0.05) is 56.7 Å². The van der Waals surface area contributed by atoms with Crippen LogP contribution in [-0.2, 0) is 16.6 Å². The van der Waals surface area contributed by atoms with Gasteiger partial charge in [-0.3, -0.25) is 10.1 Å². The summed E-state index contributed by atoms with van der Waals surface area (Å²) in [6.45, 7) is 10.2. The van der Waals surface area contributed by atoms with Crippen molar-refractivity contribution in [3.63, 3.8) is 0 Å². The van der Waals surface area contributed by atoms with Crippen LogP contribution in [0.4, 0.5) is 16.3 Å². The van der Waals surface area contributed by atoms with Crippen molar-refractivity contribution >= 4 is 34.7 Å². The van der Waals surface area contributed by atoms with Gasteiger partial charge < -0.3 is 10.6 Å². The Kier molecular flexibility index (Phi) is 8.71. The van der Waals surface area contributed by atoms with Crippen molar-refractivity contribution < 1.29 is 9.59 Å². The summed E-state index contributed by atoms with van der Waals surface area (Å²) in [5, 5.41) is 16.2. The number of rotatable bonds is 8. The largest absolute Gasteiger partial charge is 0.324 e. The number of aryl methyl sites for hydroxylation is 1. The quantitative estimate of drug-likeness (QED) is 0.212. The van der Waals surface area contributed by atoms with E-state index in [1.807, 2.05) is 79.0 Å². The van der Waals surface area contributed by atoms with E-state index in [1.165, 1.54) is 0 Å². The zero-order valence-corrected chi connectivity index (χ0v) is 25.1. The lowest BCUT2D eigenvalue weighted by molar-refractivity contribution is -0.121. The summed E-state index contributed by atoms with van der Waals surface area (Å²) >= 11 is 1.63. The van der Waals surface area contributed by atoms with Gasteiger partial charge in [0.25, 0.3) is 0 Å². The van der Waals surface area contributed by atoms with Gasteiger partial charge in [0.05, 0.1) is 11.4 Å². The Balaban J connectivity index is 1.32. The summed E-state index contributed by atoms with van der Waals surface area (Å²) in [7, 11) is 0. The van der Waals surface area contributed by atoms with Gasteiger partial charge in [0.15, 0.2) is 0 Å². The number of nitrogens with one attached hydrogen (secondary N) is 3. The first-order chi connectivity index (χ1) is 19.7. The number of Topliss-reactive ketones (excluding diaryl/α,β-unsaturated/α-hetero) is 1. The molecule has 214 valence electrons. The van der Waals surface area contributed by atoms with Crippen LogP contribution in [0.2, 0.25) is 0 Å². The van der Waals surface area contributed by atoms with E-state index in [-0.39, 0.29) is 23.1 Å². The molecule has 0 aliphatic carbocycles. The van der Waals surface area contributed by atoms with E-state index in [4.69, 9.17) is 5.10 Å². The van der Waals surface area contributed by atoms with E-state index < -0.39 is 0 Å². The van der Waals surface area contributed by atoms with Crippen LogP contribution in [0.15, 0.2) is 72.1 Å². The van der Waals surface area contributed by atoms with Crippen LogP contribution in [0, 0.1) is 12.8 Å². The molecule has 41 heavy (non-hydrogen) atoms. The van der Waals surface area contributed by atoms with Crippen molar-refractivity contribution in [2.75, 3.05) is 23.7 Å². The second-order valence-electron chi connectivity index (χ2n) is 11.9. The molecule has 0 spiro atoms. The lowest BCUT2D eigenvalue weighted by Gasteiger charge is -2.30. The van der Waals surface area contributed by atoms with Crippen molar-refractivity contribution in [1.82, 2.24) is 15.1 Å². The molecule has 0 bridgehead atoms. The summed E-state index contributed by atoms with van der Waals surface area (Å²) < 4.78 is 1.77. The number of ketones is 1. The summed E-state index contributed by atoms with van der Waals surface area (Å²) in [6, 6.07) is 21.4. The maximum atomic E-state index is 13.5. The first kappa shape index (κ1) is 28.8. The summed E-state index contributed by atoms with van der Waals surface area (Å²) in [6.07, 6.45) is 2.42. The molecule has 4 aromatic rings. The smallest absolute Gasteiger partial charge is 0.317 e. The van der Waals surface area contributed by atoms with E-state index in [2.05, 4.69) is 36.7 Å². The minimum Gasteiger partial charge on any atom is -0.317 e. The third-order valence-corrected chi connectivity index (χ3v) is 8.53. The highest BCUT2D eigenvalue weighted by Crippen LogP contribution is 2.34. The highest BCUT2D eigenvalue weighted by Gasteiger charge is 2.31. The van der Waals surface area contributed by atoms with Crippen molar-refractivity contribution in [2.45, 2.75) is 58.3 Å². The maximum Gasteiger partial charge on any atom is 0.324 e. The number of nitrogens with zero attached hydrogens (tertiary/aromatic N) is 2. The van der Waals surface area contributed by atoms with Gasteiger partial charge in [-0.25, -0.2) is 9.48 Å². The van der Waals surface area contributed by atoms with Gasteiger partial charge in [-0.15, -0.1) is 11.3 Å². The van der Waals surface area contributed by atoms with E-state index in [0.717, 1.165) is 53.3 Å². The number of amides is 2. The van der Waals surface area contributed by atoms with Crippen LogP contribution in [0.25, 0.3) is 5.69 Å². The summed E-state index contributed by atoms with van der Waals surface area (Å²) in [4.78, 5) is 27.7. The molecular weight excluding hydrogens is 530 g/mol. The second-order valence-corrected chi connectivity index (χ2v) is 12.9. The molecule has 1 aliphatic heterocycles. The third-order valence-electron chi connectivity index (χ3n) is 7.66. The number of thiophene rings is 1. The number of aromatic nitrogens is 2. The number of urea groups is 1. The molecule has 5 rings (SSSR count). The minimum absolute atomic E-state index is 0.151. The van der Waals surface area contributed by atoms with E-state index in [9.17, 15) is 9.59 Å². The first-order valence-electron chi connectivity index (χ1n) is 14.3.